The number of benzene rings is 3. The van der Waals surface area contributed by atoms with Crippen molar-refractivity contribution in [2.75, 3.05) is 25.0 Å². The Kier molecular flexibility index (Phi) is 7.81. The Bertz CT molecular complexity index is 1380. The van der Waals surface area contributed by atoms with Gasteiger partial charge >= 0.3 is 11.9 Å². The number of Topliss-reactive ketones (excluding diaryl/α,β-unsaturated/α-hetero) is 1. The van der Waals surface area contributed by atoms with Gasteiger partial charge in [0.05, 0.1) is 30.1 Å². The number of ketones is 1. The molecule has 202 valence electrons. The van der Waals surface area contributed by atoms with E-state index in [9.17, 15) is 18.8 Å². The molecule has 0 atom stereocenters. The fraction of sp³-hybridized carbons (Fsp3) is 0.276. The monoisotopic (exact) mass is 552 g/mol. The van der Waals surface area contributed by atoms with Crippen molar-refractivity contribution in [3.8, 4) is 5.75 Å². The molecule has 0 amide bonds. The summed E-state index contributed by atoms with van der Waals surface area (Å²) in [6.07, 6.45) is 0.507. The van der Waals surface area contributed by atoms with Gasteiger partial charge in [0.1, 0.15) is 11.6 Å². The van der Waals surface area contributed by atoms with Crippen LogP contribution in [0.1, 0.15) is 39.9 Å². The molecule has 0 bridgehead atoms. The summed E-state index contributed by atoms with van der Waals surface area (Å²) in [6, 6.07) is 16.0. The largest absolute Gasteiger partial charge is 0.485 e. The van der Waals surface area contributed by atoms with Gasteiger partial charge in [0, 0.05) is 17.7 Å². The van der Waals surface area contributed by atoms with E-state index in [1.807, 2.05) is 12.1 Å². The Morgan fingerprint density at radius 1 is 0.974 bits per heavy atom. The normalized spacial score (nSPS) is 16.4. The lowest BCUT2D eigenvalue weighted by atomic mass is 9.96. The molecule has 0 aliphatic carbocycles. The zero-order chi connectivity index (χ0) is 27.4. The number of fused-ring (bicyclic) bond motifs is 2. The van der Waals surface area contributed by atoms with Crippen LogP contribution in [0.25, 0.3) is 0 Å². The molecular formula is C29H26ClFN2O6. The van der Waals surface area contributed by atoms with E-state index in [0.29, 0.717) is 47.1 Å². The van der Waals surface area contributed by atoms with E-state index in [-0.39, 0.29) is 31.8 Å². The standard InChI is InChI=1S/C29H26ClFN2O6/c30-24-10-9-23-22(13-14-32-17-29(23)38-26(35)11-12-27(36)39-29)28(24)33-15-18-1-7-21(8-2-18)37-16-25(34)19-3-5-20(31)6-4-19/h1-10,32-33H,11-17H2. The average Bonchev–Trinajstić information content (AvgIpc) is 3.19. The number of ether oxygens (including phenoxy) is 3. The van der Waals surface area contributed by atoms with Crippen LogP contribution in [0, 0.1) is 5.82 Å². The summed E-state index contributed by atoms with van der Waals surface area (Å²) in [5, 5.41) is 7.06. The van der Waals surface area contributed by atoms with E-state index < -0.39 is 23.5 Å². The number of halogens is 2. The van der Waals surface area contributed by atoms with Crippen LogP contribution in [0.15, 0.2) is 60.7 Å². The first-order valence-electron chi connectivity index (χ1n) is 12.5. The summed E-state index contributed by atoms with van der Waals surface area (Å²) in [7, 11) is 0. The van der Waals surface area contributed by atoms with Crippen molar-refractivity contribution in [1.82, 2.24) is 5.32 Å². The molecule has 2 aliphatic rings. The lowest BCUT2D eigenvalue weighted by molar-refractivity contribution is -0.225. The summed E-state index contributed by atoms with van der Waals surface area (Å²) in [5.74, 6) is -2.69. The van der Waals surface area contributed by atoms with Gasteiger partial charge in [0.25, 0.3) is 5.79 Å². The Labute approximate surface area is 229 Å². The van der Waals surface area contributed by atoms with Gasteiger partial charge in [-0.05, 0) is 72.6 Å². The first-order valence-corrected chi connectivity index (χ1v) is 12.9. The van der Waals surface area contributed by atoms with E-state index in [2.05, 4.69) is 10.6 Å². The summed E-state index contributed by atoms with van der Waals surface area (Å²) in [5.41, 5.74) is 3.35. The fourth-order valence-corrected chi connectivity index (χ4v) is 4.87. The van der Waals surface area contributed by atoms with Crippen molar-refractivity contribution in [2.45, 2.75) is 31.6 Å². The molecular weight excluding hydrogens is 527 g/mol. The summed E-state index contributed by atoms with van der Waals surface area (Å²) < 4.78 is 30.0. The van der Waals surface area contributed by atoms with Crippen LogP contribution in [-0.2, 0) is 37.8 Å². The van der Waals surface area contributed by atoms with Crippen LogP contribution >= 0.6 is 11.6 Å². The summed E-state index contributed by atoms with van der Waals surface area (Å²) in [4.78, 5) is 36.9. The molecule has 1 saturated heterocycles. The fourth-order valence-electron chi connectivity index (χ4n) is 4.63. The molecule has 39 heavy (non-hydrogen) atoms. The number of esters is 2. The quantitative estimate of drug-likeness (QED) is 0.325. The van der Waals surface area contributed by atoms with Crippen molar-refractivity contribution < 1.29 is 33.0 Å². The third-order valence-electron chi connectivity index (χ3n) is 6.60. The molecule has 3 aromatic rings. The average molecular weight is 553 g/mol. The SMILES string of the molecule is O=C1CCC(=O)OC2(CNCCc3c2ccc(Cl)c3NCc2ccc(OCC(=O)c3ccc(F)cc3)cc2)O1. The number of hydrogen-bond donors (Lipinski definition) is 2. The third kappa shape index (κ3) is 6.05. The number of carbonyl (C=O) groups excluding carboxylic acids is 3. The minimum atomic E-state index is -1.55. The molecule has 1 spiro atoms. The molecule has 5 rings (SSSR count). The Morgan fingerprint density at radius 2 is 1.67 bits per heavy atom. The first kappa shape index (κ1) is 26.6. The number of hydrogen-bond acceptors (Lipinski definition) is 8. The van der Waals surface area contributed by atoms with E-state index >= 15 is 0 Å². The van der Waals surface area contributed by atoms with Gasteiger partial charge < -0.3 is 24.8 Å². The number of rotatable bonds is 7. The molecule has 2 aliphatic heterocycles. The maximum absolute atomic E-state index is 13.1. The van der Waals surface area contributed by atoms with Gasteiger partial charge in [-0.2, -0.15) is 0 Å². The highest BCUT2D eigenvalue weighted by molar-refractivity contribution is 6.33. The highest BCUT2D eigenvalue weighted by Gasteiger charge is 2.46. The Hall–Kier alpha value is -3.95. The van der Waals surface area contributed by atoms with E-state index in [4.69, 9.17) is 25.8 Å². The van der Waals surface area contributed by atoms with Gasteiger partial charge in [0.2, 0.25) is 0 Å². The first-order chi connectivity index (χ1) is 18.8. The van der Waals surface area contributed by atoms with Crippen LogP contribution in [0.5, 0.6) is 5.75 Å². The van der Waals surface area contributed by atoms with E-state index in [1.54, 1.807) is 24.3 Å². The second-order valence-electron chi connectivity index (χ2n) is 9.29. The van der Waals surface area contributed by atoms with Gasteiger partial charge in [-0.1, -0.05) is 23.7 Å². The van der Waals surface area contributed by atoms with Gasteiger partial charge in [-0.3, -0.25) is 14.4 Å². The second kappa shape index (κ2) is 11.4. The minimum absolute atomic E-state index is 0.0330. The molecule has 2 N–H and O–H groups in total. The molecule has 0 unspecified atom stereocenters. The van der Waals surface area contributed by atoms with Crippen LogP contribution in [0.3, 0.4) is 0 Å². The summed E-state index contributed by atoms with van der Waals surface area (Å²) >= 11 is 6.58. The van der Waals surface area contributed by atoms with Crippen LogP contribution in [0.4, 0.5) is 10.1 Å². The Balaban J connectivity index is 1.29. The highest BCUT2D eigenvalue weighted by Crippen LogP contribution is 2.40. The lowest BCUT2D eigenvalue weighted by Crippen LogP contribution is -2.43. The predicted molar refractivity (Wildman–Crippen MR) is 141 cm³/mol. The maximum atomic E-state index is 13.1. The van der Waals surface area contributed by atoms with Crippen LogP contribution in [-0.4, -0.2) is 37.4 Å². The maximum Gasteiger partial charge on any atom is 0.309 e. The van der Waals surface area contributed by atoms with Crippen molar-refractivity contribution in [2.24, 2.45) is 0 Å². The predicted octanol–water partition coefficient (Wildman–Crippen LogP) is 4.53. The van der Waals surface area contributed by atoms with Crippen LogP contribution < -0.4 is 15.4 Å². The zero-order valence-electron chi connectivity index (χ0n) is 20.9. The molecule has 10 heteroatoms. The van der Waals surface area contributed by atoms with Crippen molar-refractivity contribution in [1.29, 1.82) is 0 Å². The topological polar surface area (TPSA) is 103 Å². The number of nitrogens with one attached hydrogen (secondary N) is 2. The molecule has 3 aromatic carbocycles. The van der Waals surface area contributed by atoms with Gasteiger partial charge in [-0.15, -0.1) is 0 Å². The van der Waals surface area contributed by atoms with E-state index in [0.717, 1.165) is 11.1 Å². The number of carbonyl (C=O) groups is 3. The van der Waals surface area contributed by atoms with Gasteiger partial charge in [-0.25, -0.2) is 4.39 Å². The molecule has 2 heterocycles. The smallest absolute Gasteiger partial charge is 0.309 e. The zero-order valence-corrected chi connectivity index (χ0v) is 21.7. The van der Waals surface area contributed by atoms with Crippen molar-refractivity contribution in [3.05, 3.63) is 93.8 Å². The van der Waals surface area contributed by atoms with Crippen molar-refractivity contribution in [3.63, 3.8) is 0 Å². The Morgan fingerprint density at radius 3 is 2.36 bits per heavy atom. The molecule has 0 saturated carbocycles. The lowest BCUT2D eigenvalue weighted by Gasteiger charge is -2.32. The van der Waals surface area contributed by atoms with Crippen molar-refractivity contribution >= 4 is 35.0 Å². The number of anilines is 1. The third-order valence-corrected chi connectivity index (χ3v) is 6.92. The highest BCUT2D eigenvalue weighted by atomic mass is 35.5. The minimum Gasteiger partial charge on any atom is -0.485 e. The van der Waals surface area contributed by atoms with Crippen LogP contribution in [0.2, 0.25) is 5.02 Å². The summed E-state index contributed by atoms with van der Waals surface area (Å²) in [6.45, 7) is 0.968. The molecule has 8 nitrogen and oxygen atoms in total. The molecule has 1 fully saturated rings. The molecule has 0 aromatic heterocycles. The molecule has 0 radical (unpaired) electrons. The van der Waals surface area contributed by atoms with E-state index in [1.165, 1.54) is 24.3 Å². The second-order valence-corrected chi connectivity index (χ2v) is 9.70. The van der Waals surface area contributed by atoms with Gasteiger partial charge in [0.15, 0.2) is 12.4 Å².